The van der Waals surface area contributed by atoms with Crippen LogP contribution in [0.25, 0.3) is 11.3 Å². The van der Waals surface area contributed by atoms with Crippen molar-refractivity contribution in [1.29, 1.82) is 0 Å². The summed E-state index contributed by atoms with van der Waals surface area (Å²) >= 11 is 0. The third kappa shape index (κ3) is 3.25. The van der Waals surface area contributed by atoms with E-state index in [9.17, 15) is 0 Å². The number of ether oxygens (including phenoxy) is 3. The molecule has 1 aromatic carbocycles. The summed E-state index contributed by atoms with van der Waals surface area (Å²) in [4.78, 5) is 0. The normalized spacial score (nSPS) is 10.5. The molecule has 2 aromatic rings. The lowest BCUT2D eigenvalue weighted by Crippen LogP contribution is -2.06. The van der Waals surface area contributed by atoms with Crippen molar-refractivity contribution in [2.45, 2.75) is 13.0 Å². The van der Waals surface area contributed by atoms with E-state index < -0.39 is 0 Å². The molecule has 1 aromatic heterocycles. The fraction of sp³-hybridized carbons (Fsp3) is 0.429. The minimum atomic E-state index is 0.555. The first-order chi connectivity index (χ1) is 10.2. The molecule has 7 heteroatoms. The summed E-state index contributed by atoms with van der Waals surface area (Å²) in [6, 6.07) is 3.69. The fourth-order valence-electron chi connectivity index (χ4n) is 2.02. The Kier molecular flexibility index (Phi) is 4.99. The zero-order chi connectivity index (χ0) is 15.2. The fourth-order valence-corrected chi connectivity index (χ4v) is 2.02. The molecule has 21 heavy (non-hydrogen) atoms. The summed E-state index contributed by atoms with van der Waals surface area (Å²) in [6.07, 6.45) is 2.73. The van der Waals surface area contributed by atoms with Crippen molar-refractivity contribution in [1.82, 2.24) is 15.0 Å². The molecule has 1 heterocycles. The first-order valence-electron chi connectivity index (χ1n) is 6.64. The molecule has 0 saturated heterocycles. The van der Waals surface area contributed by atoms with E-state index in [4.69, 9.17) is 19.9 Å². The molecule has 7 nitrogen and oxygen atoms in total. The monoisotopic (exact) mass is 292 g/mol. The van der Waals surface area contributed by atoms with E-state index in [1.807, 2.05) is 18.3 Å². The van der Waals surface area contributed by atoms with Gasteiger partial charge in [0.1, 0.15) is 5.69 Å². The van der Waals surface area contributed by atoms with Crippen LogP contribution in [0.1, 0.15) is 6.42 Å². The van der Waals surface area contributed by atoms with Gasteiger partial charge in [0.05, 0.1) is 27.5 Å². The van der Waals surface area contributed by atoms with E-state index in [-0.39, 0.29) is 0 Å². The molecule has 0 aliphatic heterocycles. The number of hydrogen-bond acceptors (Lipinski definition) is 6. The molecular weight excluding hydrogens is 272 g/mol. The molecule has 0 aliphatic carbocycles. The Morgan fingerprint density at radius 1 is 1.10 bits per heavy atom. The van der Waals surface area contributed by atoms with Gasteiger partial charge >= 0.3 is 0 Å². The van der Waals surface area contributed by atoms with Crippen molar-refractivity contribution >= 4 is 0 Å². The smallest absolute Gasteiger partial charge is 0.203 e. The predicted octanol–water partition coefficient (Wildman–Crippen LogP) is 1.32. The highest BCUT2D eigenvalue weighted by Gasteiger charge is 2.15. The lowest BCUT2D eigenvalue weighted by atomic mass is 10.1. The summed E-state index contributed by atoms with van der Waals surface area (Å²) in [5.41, 5.74) is 7.09. The molecule has 0 fully saturated rings. The molecule has 0 aliphatic rings. The highest BCUT2D eigenvalue weighted by molar-refractivity contribution is 5.68. The maximum Gasteiger partial charge on any atom is 0.203 e. The Hall–Kier alpha value is -2.28. The number of nitrogens with two attached hydrogens (primary N) is 1. The van der Waals surface area contributed by atoms with Gasteiger partial charge in [-0.15, -0.1) is 5.10 Å². The lowest BCUT2D eigenvalue weighted by Gasteiger charge is -2.13. The summed E-state index contributed by atoms with van der Waals surface area (Å²) < 4.78 is 17.7. The van der Waals surface area contributed by atoms with E-state index in [0.717, 1.165) is 24.2 Å². The number of aryl methyl sites for hydroxylation is 1. The molecular formula is C14H20N4O3. The lowest BCUT2D eigenvalue weighted by molar-refractivity contribution is 0.324. The van der Waals surface area contributed by atoms with Crippen LogP contribution in [0.2, 0.25) is 0 Å². The number of rotatable bonds is 7. The standard InChI is InChI=1S/C14H20N4O3/c1-19-12-7-10(8-13(20-2)14(12)21-3)11-9-18(17-16-11)6-4-5-15/h7-9H,4-6,15H2,1-3H3. The largest absolute Gasteiger partial charge is 0.493 e. The number of methoxy groups -OCH3 is 3. The molecule has 0 spiro atoms. The average Bonchev–Trinajstić information content (AvgIpc) is 3.00. The second-order valence-corrected chi connectivity index (χ2v) is 4.42. The van der Waals surface area contributed by atoms with Gasteiger partial charge in [-0.05, 0) is 25.1 Å². The Morgan fingerprint density at radius 2 is 1.76 bits per heavy atom. The minimum absolute atomic E-state index is 0.555. The van der Waals surface area contributed by atoms with Crippen molar-refractivity contribution in [2.75, 3.05) is 27.9 Å². The van der Waals surface area contributed by atoms with Gasteiger partial charge in [-0.2, -0.15) is 0 Å². The third-order valence-corrected chi connectivity index (χ3v) is 3.09. The Balaban J connectivity index is 2.37. The van der Waals surface area contributed by atoms with Gasteiger partial charge < -0.3 is 19.9 Å². The zero-order valence-electron chi connectivity index (χ0n) is 12.5. The zero-order valence-corrected chi connectivity index (χ0v) is 12.5. The molecule has 0 amide bonds. The topological polar surface area (TPSA) is 84.4 Å². The first-order valence-corrected chi connectivity index (χ1v) is 6.64. The molecule has 0 bridgehead atoms. The van der Waals surface area contributed by atoms with Crippen molar-refractivity contribution in [3.63, 3.8) is 0 Å². The molecule has 2 rings (SSSR count). The SMILES string of the molecule is COc1cc(-c2cn(CCCN)nn2)cc(OC)c1OC. The average molecular weight is 292 g/mol. The van der Waals surface area contributed by atoms with Gasteiger partial charge in [0.25, 0.3) is 0 Å². The second-order valence-electron chi connectivity index (χ2n) is 4.42. The number of aromatic nitrogens is 3. The predicted molar refractivity (Wildman–Crippen MR) is 78.8 cm³/mol. The molecule has 0 radical (unpaired) electrons. The number of benzene rings is 1. The van der Waals surface area contributed by atoms with Crippen LogP contribution in [-0.4, -0.2) is 42.9 Å². The van der Waals surface area contributed by atoms with E-state index in [0.29, 0.717) is 23.8 Å². The van der Waals surface area contributed by atoms with Crippen LogP contribution in [0.4, 0.5) is 0 Å². The highest BCUT2D eigenvalue weighted by Crippen LogP contribution is 2.40. The van der Waals surface area contributed by atoms with E-state index in [1.54, 1.807) is 26.0 Å². The molecule has 0 unspecified atom stereocenters. The van der Waals surface area contributed by atoms with Crippen molar-refractivity contribution in [2.24, 2.45) is 5.73 Å². The van der Waals surface area contributed by atoms with Crippen molar-refractivity contribution in [3.05, 3.63) is 18.3 Å². The van der Waals surface area contributed by atoms with E-state index in [1.165, 1.54) is 0 Å². The van der Waals surface area contributed by atoms with Gasteiger partial charge in [-0.1, -0.05) is 5.21 Å². The summed E-state index contributed by atoms with van der Waals surface area (Å²) in [5.74, 6) is 1.73. The van der Waals surface area contributed by atoms with Crippen molar-refractivity contribution in [3.8, 4) is 28.5 Å². The van der Waals surface area contributed by atoms with Crippen LogP contribution in [0.15, 0.2) is 18.3 Å². The Labute approximate surface area is 123 Å². The summed E-state index contributed by atoms with van der Waals surface area (Å²) in [5, 5.41) is 8.25. The van der Waals surface area contributed by atoms with Crippen LogP contribution in [-0.2, 0) is 6.54 Å². The molecule has 0 atom stereocenters. The van der Waals surface area contributed by atoms with E-state index in [2.05, 4.69) is 10.3 Å². The van der Waals surface area contributed by atoms with Crippen LogP contribution in [0.5, 0.6) is 17.2 Å². The van der Waals surface area contributed by atoms with Crippen LogP contribution < -0.4 is 19.9 Å². The first kappa shape index (κ1) is 15.1. The van der Waals surface area contributed by atoms with Gasteiger partial charge in [0, 0.05) is 12.1 Å². The second kappa shape index (κ2) is 6.94. The summed E-state index contributed by atoms with van der Waals surface area (Å²) in [7, 11) is 4.74. The number of nitrogens with zero attached hydrogens (tertiary/aromatic N) is 3. The van der Waals surface area contributed by atoms with Gasteiger partial charge in [-0.3, -0.25) is 4.68 Å². The van der Waals surface area contributed by atoms with Crippen molar-refractivity contribution < 1.29 is 14.2 Å². The molecule has 114 valence electrons. The Bertz CT molecular complexity index is 573. The number of hydrogen-bond donors (Lipinski definition) is 1. The quantitative estimate of drug-likeness (QED) is 0.828. The van der Waals surface area contributed by atoms with Crippen LogP contribution in [0.3, 0.4) is 0 Å². The summed E-state index contributed by atoms with van der Waals surface area (Å²) in [6.45, 7) is 1.37. The minimum Gasteiger partial charge on any atom is -0.493 e. The van der Waals surface area contributed by atoms with Gasteiger partial charge in [0.2, 0.25) is 5.75 Å². The highest BCUT2D eigenvalue weighted by atomic mass is 16.5. The van der Waals surface area contributed by atoms with Gasteiger partial charge in [-0.25, -0.2) is 0 Å². The van der Waals surface area contributed by atoms with Crippen LogP contribution in [0, 0.1) is 0 Å². The molecule has 2 N–H and O–H groups in total. The molecule has 0 saturated carbocycles. The Morgan fingerprint density at radius 3 is 2.29 bits per heavy atom. The van der Waals surface area contributed by atoms with Gasteiger partial charge in [0.15, 0.2) is 11.5 Å². The third-order valence-electron chi connectivity index (χ3n) is 3.09. The maximum absolute atomic E-state index is 5.49. The van der Waals surface area contributed by atoms with Crippen LogP contribution >= 0.6 is 0 Å². The maximum atomic E-state index is 5.49. The van der Waals surface area contributed by atoms with E-state index >= 15 is 0 Å².